The number of ether oxygens (including phenoxy) is 1. The molecule has 0 saturated heterocycles. The van der Waals surface area contributed by atoms with Crippen LogP contribution in [0.15, 0.2) is 77.7 Å². The first kappa shape index (κ1) is 23.2. The molecule has 0 aliphatic heterocycles. The number of hydrogen-bond acceptors (Lipinski definition) is 6. The van der Waals surface area contributed by atoms with Crippen LogP contribution in [0.5, 0.6) is 5.75 Å². The Hall–Kier alpha value is -2.94. The van der Waals surface area contributed by atoms with Gasteiger partial charge in [-0.05, 0) is 42.0 Å². The third-order valence-corrected chi connectivity index (χ3v) is 8.10. The van der Waals surface area contributed by atoms with Crippen molar-refractivity contribution < 1.29 is 17.9 Å². The number of carbonyl (C=O) groups is 1. The number of rotatable bonds is 8. The fraction of sp³-hybridized carbons (Fsp3) is 0.167. The number of anilines is 1. The van der Waals surface area contributed by atoms with Gasteiger partial charge in [-0.3, -0.25) is 9.69 Å². The molecule has 0 aliphatic rings. The van der Waals surface area contributed by atoms with Gasteiger partial charge in [0, 0.05) is 17.5 Å². The Morgan fingerprint density at radius 2 is 1.79 bits per heavy atom. The molecule has 9 heteroatoms. The van der Waals surface area contributed by atoms with E-state index in [1.54, 1.807) is 12.0 Å². The van der Waals surface area contributed by atoms with E-state index in [-0.39, 0.29) is 29.5 Å². The van der Waals surface area contributed by atoms with Crippen LogP contribution in [-0.2, 0) is 21.2 Å². The molecule has 170 valence electrons. The molecule has 0 N–H and O–H groups in total. The number of halogens is 1. The molecule has 0 atom stereocenters. The topological polar surface area (TPSA) is 76.6 Å². The van der Waals surface area contributed by atoms with Crippen molar-refractivity contribution >= 4 is 54.0 Å². The Bertz CT molecular complexity index is 1370. The van der Waals surface area contributed by atoms with E-state index in [1.165, 1.54) is 35.6 Å². The summed E-state index contributed by atoms with van der Waals surface area (Å²) in [5.74, 6) is 0.0500. The molecule has 0 spiro atoms. The molecule has 0 saturated carbocycles. The molecular formula is C24H21ClN2O4S2. The van der Waals surface area contributed by atoms with Crippen LogP contribution in [0, 0.1) is 0 Å². The number of methoxy groups -OCH3 is 1. The number of fused-ring (bicyclic) bond motifs is 1. The summed E-state index contributed by atoms with van der Waals surface area (Å²) in [4.78, 5) is 19.6. The molecule has 4 aromatic rings. The smallest absolute Gasteiger partial charge is 0.230 e. The molecule has 0 aliphatic carbocycles. The van der Waals surface area contributed by atoms with Crippen LogP contribution < -0.4 is 9.64 Å². The molecule has 6 nitrogen and oxygen atoms in total. The van der Waals surface area contributed by atoms with Gasteiger partial charge in [0.15, 0.2) is 15.0 Å². The average Bonchev–Trinajstić information content (AvgIpc) is 3.25. The van der Waals surface area contributed by atoms with E-state index in [9.17, 15) is 13.2 Å². The minimum Gasteiger partial charge on any atom is -0.497 e. The van der Waals surface area contributed by atoms with Gasteiger partial charge >= 0.3 is 0 Å². The van der Waals surface area contributed by atoms with Gasteiger partial charge in [0.1, 0.15) is 5.75 Å². The molecular weight excluding hydrogens is 480 g/mol. The molecule has 0 bridgehead atoms. The van der Waals surface area contributed by atoms with Crippen molar-refractivity contribution in [2.45, 2.75) is 17.9 Å². The van der Waals surface area contributed by atoms with Crippen molar-refractivity contribution in [2.75, 3.05) is 17.8 Å². The second kappa shape index (κ2) is 9.91. The summed E-state index contributed by atoms with van der Waals surface area (Å²) in [6.07, 6.45) is -0.170. The second-order valence-electron chi connectivity index (χ2n) is 7.32. The van der Waals surface area contributed by atoms with Crippen LogP contribution in [0.3, 0.4) is 0 Å². The maximum atomic E-state index is 13.3. The van der Waals surface area contributed by atoms with Crippen molar-refractivity contribution in [3.63, 3.8) is 0 Å². The third-order valence-electron chi connectivity index (χ3n) is 5.06. The first-order chi connectivity index (χ1) is 15.9. The number of nitrogens with zero attached hydrogens (tertiary/aromatic N) is 2. The van der Waals surface area contributed by atoms with Gasteiger partial charge in [-0.25, -0.2) is 13.4 Å². The van der Waals surface area contributed by atoms with Gasteiger partial charge in [-0.2, -0.15) is 0 Å². The highest BCUT2D eigenvalue weighted by Gasteiger charge is 2.23. The van der Waals surface area contributed by atoms with E-state index in [0.717, 1.165) is 10.3 Å². The molecule has 3 aromatic carbocycles. The van der Waals surface area contributed by atoms with Gasteiger partial charge in [-0.15, -0.1) is 0 Å². The van der Waals surface area contributed by atoms with Crippen LogP contribution in [0.1, 0.15) is 12.0 Å². The Labute approximate surface area is 201 Å². The molecule has 33 heavy (non-hydrogen) atoms. The molecule has 0 radical (unpaired) electrons. The number of hydrogen-bond donors (Lipinski definition) is 0. The van der Waals surface area contributed by atoms with Crippen LogP contribution in [0.4, 0.5) is 5.13 Å². The highest BCUT2D eigenvalue weighted by atomic mass is 35.5. The standard InChI is InChI=1S/C24H21ClN2O4S2/c1-31-19-9-12-22-21(15-19)26-24(32-22)27(16-17-5-3-2-4-6-17)23(28)13-14-33(29,30)20-10-7-18(25)8-11-20/h2-12,15H,13-14,16H2,1H3. The molecule has 1 heterocycles. The summed E-state index contributed by atoms with van der Waals surface area (Å²) in [5.41, 5.74) is 1.64. The SMILES string of the molecule is COc1ccc2sc(N(Cc3ccccc3)C(=O)CCS(=O)(=O)c3ccc(Cl)cc3)nc2c1. The van der Waals surface area contributed by atoms with Crippen molar-refractivity contribution in [1.82, 2.24) is 4.98 Å². The Morgan fingerprint density at radius 1 is 1.06 bits per heavy atom. The highest BCUT2D eigenvalue weighted by molar-refractivity contribution is 7.91. The zero-order chi connectivity index (χ0) is 23.4. The summed E-state index contributed by atoms with van der Waals surface area (Å²) in [6, 6.07) is 21.0. The lowest BCUT2D eigenvalue weighted by Crippen LogP contribution is -2.31. The molecule has 0 unspecified atom stereocenters. The minimum absolute atomic E-state index is 0.140. The average molecular weight is 501 g/mol. The number of aromatic nitrogens is 1. The normalized spacial score (nSPS) is 11.5. The molecule has 0 fully saturated rings. The van der Waals surface area contributed by atoms with Crippen LogP contribution >= 0.6 is 22.9 Å². The quantitative estimate of drug-likeness (QED) is 0.325. The predicted molar refractivity (Wildman–Crippen MR) is 132 cm³/mol. The third kappa shape index (κ3) is 5.52. The second-order valence-corrected chi connectivity index (χ2v) is 10.9. The molecule has 1 amide bonds. The van der Waals surface area contributed by atoms with Gasteiger partial charge < -0.3 is 4.74 Å². The van der Waals surface area contributed by atoms with E-state index < -0.39 is 9.84 Å². The highest BCUT2D eigenvalue weighted by Crippen LogP contribution is 2.32. The first-order valence-corrected chi connectivity index (χ1v) is 13.0. The Balaban J connectivity index is 1.60. The van der Waals surface area contributed by atoms with Crippen LogP contribution in [0.25, 0.3) is 10.2 Å². The van der Waals surface area contributed by atoms with Crippen molar-refractivity contribution in [2.24, 2.45) is 0 Å². The van der Waals surface area contributed by atoms with Crippen LogP contribution in [-0.4, -0.2) is 32.2 Å². The van der Waals surface area contributed by atoms with Crippen molar-refractivity contribution in [1.29, 1.82) is 0 Å². The summed E-state index contributed by atoms with van der Waals surface area (Å²) in [7, 11) is -2.05. The van der Waals surface area contributed by atoms with Gasteiger partial charge in [-0.1, -0.05) is 53.3 Å². The minimum atomic E-state index is -3.63. The summed E-state index contributed by atoms with van der Waals surface area (Å²) >= 11 is 7.24. The number of thiazole rings is 1. The largest absolute Gasteiger partial charge is 0.497 e. The zero-order valence-corrected chi connectivity index (χ0v) is 20.2. The monoisotopic (exact) mass is 500 g/mol. The number of amides is 1. The van der Waals surface area contributed by atoms with Gasteiger partial charge in [0.2, 0.25) is 5.91 Å². The van der Waals surface area contributed by atoms with E-state index >= 15 is 0 Å². The first-order valence-electron chi connectivity index (χ1n) is 10.1. The predicted octanol–water partition coefficient (Wildman–Crippen LogP) is 5.36. The van der Waals surface area contributed by atoms with Gasteiger partial charge in [0.25, 0.3) is 0 Å². The summed E-state index contributed by atoms with van der Waals surface area (Å²) < 4.78 is 31.6. The lowest BCUT2D eigenvalue weighted by molar-refractivity contribution is -0.118. The molecule has 1 aromatic heterocycles. The Morgan fingerprint density at radius 3 is 2.48 bits per heavy atom. The fourth-order valence-electron chi connectivity index (χ4n) is 3.28. The number of benzene rings is 3. The van der Waals surface area contributed by atoms with Crippen LogP contribution in [0.2, 0.25) is 5.02 Å². The molecule has 4 rings (SSSR count). The summed E-state index contributed by atoms with van der Waals surface area (Å²) in [5, 5.41) is 0.961. The summed E-state index contributed by atoms with van der Waals surface area (Å²) in [6.45, 7) is 0.289. The lowest BCUT2D eigenvalue weighted by Gasteiger charge is -2.20. The maximum Gasteiger partial charge on any atom is 0.230 e. The maximum absolute atomic E-state index is 13.3. The van der Waals surface area contributed by atoms with Crippen molar-refractivity contribution in [3.05, 3.63) is 83.4 Å². The van der Waals surface area contributed by atoms with Gasteiger partial charge in [0.05, 0.1) is 34.5 Å². The number of sulfone groups is 1. The van der Waals surface area contributed by atoms with Crippen molar-refractivity contribution in [3.8, 4) is 5.75 Å². The van der Waals surface area contributed by atoms with E-state index in [1.807, 2.05) is 48.5 Å². The Kier molecular flexibility index (Phi) is 6.97. The number of carbonyl (C=O) groups excluding carboxylic acids is 1. The zero-order valence-electron chi connectivity index (χ0n) is 17.8. The van der Waals surface area contributed by atoms with E-state index in [4.69, 9.17) is 16.3 Å². The van der Waals surface area contributed by atoms with E-state index in [2.05, 4.69) is 4.98 Å². The lowest BCUT2D eigenvalue weighted by atomic mass is 10.2. The fourth-order valence-corrected chi connectivity index (χ4v) is 5.60. The van der Waals surface area contributed by atoms with E-state index in [0.29, 0.717) is 21.4 Å².